The van der Waals surface area contributed by atoms with Crippen molar-refractivity contribution in [2.75, 3.05) is 0 Å². The van der Waals surface area contributed by atoms with Crippen LogP contribution in [0.25, 0.3) is 0 Å². The lowest BCUT2D eigenvalue weighted by Gasteiger charge is -2.54. The Kier molecular flexibility index (Phi) is 2.22. The molecule has 0 saturated heterocycles. The molecule has 0 aliphatic heterocycles. The second-order valence-corrected chi connectivity index (χ2v) is 8.00. The molecule has 20 heavy (non-hydrogen) atoms. The summed E-state index contributed by atoms with van der Waals surface area (Å²) in [6.45, 7) is 0. The van der Waals surface area contributed by atoms with Crippen molar-refractivity contribution < 1.29 is 0 Å². The van der Waals surface area contributed by atoms with Crippen LogP contribution in [0.15, 0.2) is 11.0 Å². The summed E-state index contributed by atoms with van der Waals surface area (Å²) < 4.78 is 4.09. The molecule has 0 N–H and O–H groups in total. The number of hydrogen-bond donors (Lipinski definition) is 0. The summed E-state index contributed by atoms with van der Waals surface area (Å²) in [5.41, 5.74) is 1.55. The standard InChI is InChI=1S/C17H24N2O/c1-18-15(12-2-3-12)9-19(17(18)20)16-13-5-10-4-11(7-13)8-14(16)6-10/h9-14,16H,2-8H2,1H3. The smallest absolute Gasteiger partial charge is 0.299 e. The van der Waals surface area contributed by atoms with Crippen molar-refractivity contribution in [3.63, 3.8) is 0 Å². The molecule has 5 aliphatic rings. The van der Waals surface area contributed by atoms with E-state index in [4.69, 9.17) is 0 Å². The zero-order chi connectivity index (χ0) is 13.4. The maximum Gasteiger partial charge on any atom is 0.328 e. The van der Waals surface area contributed by atoms with Gasteiger partial charge in [-0.25, -0.2) is 4.79 Å². The van der Waals surface area contributed by atoms with Gasteiger partial charge in [0, 0.05) is 30.9 Å². The van der Waals surface area contributed by atoms with E-state index >= 15 is 0 Å². The highest BCUT2D eigenvalue weighted by Crippen LogP contribution is 2.58. The fourth-order valence-electron chi connectivity index (χ4n) is 5.89. The van der Waals surface area contributed by atoms with E-state index in [9.17, 15) is 4.79 Å². The van der Waals surface area contributed by atoms with Gasteiger partial charge in [0.15, 0.2) is 0 Å². The van der Waals surface area contributed by atoms with E-state index in [1.54, 1.807) is 0 Å². The third kappa shape index (κ3) is 1.49. The fourth-order valence-corrected chi connectivity index (χ4v) is 5.89. The van der Waals surface area contributed by atoms with E-state index in [1.807, 2.05) is 11.6 Å². The Hall–Kier alpha value is -0.990. The van der Waals surface area contributed by atoms with E-state index in [0.717, 1.165) is 23.7 Å². The van der Waals surface area contributed by atoms with Crippen LogP contribution >= 0.6 is 0 Å². The van der Waals surface area contributed by atoms with Gasteiger partial charge in [-0.15, -0.1) is 0 Å². The molecule has 3 nitrogen and oxygen atoms in total. The Morgan fingerprint density at radius 2 is 1.60 bits per heavy atom. The van der Waals surface area contributed by atoms with E-state index < -0.39 is 0 Å². The van der Waals surface area contributed by atoms with Gasteiger partial charge in [0.1, 0.15) is 0 Å². The van der Waals surface area contributed by atoms with Gasteiger partial charge < -0.3 is 0 Å². The monoisotopic (exact) mass is 272 g/mol. The zero-order valence-corrected chi connectivity index (χ0v) is 12.3. The number of imidazole rings is 1. The Balaban J connectivity index is 1.57. The van der Waals surface area contributed by atoms with E-state index in [-0.39, 0.29) is 5.69 Å². The van der Waals surface area contributed by atoms with Gasteiger partial charge in [-0.1, -0.05) is 0 Å². The van der Waals surface area contributed by atoms with Gasteiger partial charge in [-0.3, -0.25) is 9.13 Å². The maximum atomic E-state index is 12.7. The highest BCUT2D eigenvalue weighted by Gasteiger charge is 2.49. The first-order valence-corrected chi connectivity index (χ1v) is 8.48. The summed E-state index contributed by atoms with van der Waals surface area (Å²) in [7, 11) is 1.97. The van der Waals surface area contributed by atoms with Crippen LogP contribution in [0.1, 0.15) is 62.6 Å². The van der Waals surface area contributed by atoms with Crippen molar-refractivity contribution in [3.05, 3.63) is 22.4 Å². The maximum absolute atomic E-state index is 12.7. The molecule has 5 saturated carbocycles. The second-order valence-electron chi connectivity index (χ2n) is 8.00. The number of rotatable bonds is 2. The molecule has 5 fully saturated rings. The molecule has 0 aromatic carbocycles. The Morgan fingerprint density at radius 3 is 2.15 bits per heavy atom. The van der Waals surface area contributed by atoms with Crippen molar-refractivity contribution in [2.24, 2.45) is 30.7 Å². The zero-order valence-electron chi connectivity index (χ0n) is 12.3. The Bertz CT molecular complexity index is 579. The summed E-state index contributed by atoms with van der Waals surface area (Å²) in [5.74, 6) is 4.22. The molecule has 0 amide bonds. The molecule has 1 heterocycles. The van der Waals surface area contributed by atoms with Gasteiger partial charge in [-0.2, -0.15) is 0 Å². The minimum Gasteiger partial charge on any atom is -0.299 e. The van der Waals surface area contributed by atoms with Gasteiger partial charge >= 0.3 is 5.69 Å². The average molecular weight is 272 g/mol. The van der Waals surface area contributed by atoms with Crippen molar-refractivity contribution in [1.29, 1.82) is 0 Å². The molecule has 0 radical (unpaired) electrons. The fraction of sp³-hybridized carbons (Fsp3) is 0.824. The summed E-state index contributed by atoms with van der Waals surface area (Å²) in [6.07, 6.45) is 11.8. The van der Waals surface area contributed by atoms with Gasteiger partial charge in [0.25, 0.3) is 0 Å². The number of hydrogen-bond acceptors (Lipinski definition) is 1. The molecule has 5 aliphatic carbocycles. The third-order valence-corrected chi connectivity index (χ3v) is 6.66. The van der Waals surface area contributed by atoms with Crippen LogP contribution in [0.2, 0.25) is 0 Å². The molecular formula is C17H24N2O. The molecule has 3 heteroatoms. The summed E-state index contributed by atoms with van der Waals surface area (Å²) in [4.78, 5) is 12.7. The quantitative estimate of drug-likeness (QED) is 0.813. The van der Waals surface area contributed by atoms with Crippen molar-refractivity contribution in [2.45, 2.75) is 56.9 Å². The number of aromatic nitrogens is 2. The van der Waals surface area contributed by atoms with E-state index in [0.29, 0.717) is 12.0 Å². The van der Waals surface area contributed by atoms with Gasteiger partial charge in [0.05, 0.1) is 0 Å². The summed E-state index contributed by atoms with van der Waals surface area (Å²) in [5, 5.41) is 0. The van der Waals surface area contributed by atoms with Crippen LogP contribution in [-0.2, 0) is 7.05 Å². The first-order chi connectivity index (χ1) is 9.70. The van der Waals surface area contributed by atoms with Crippen molar-refractivity contribution in [3.8, 4) is 0 Å². The van der Waals surface area contributed by atoms with Crippen LogP contribution in [0, 0.1) is 23.7 Å². The topological polar surface area (TPSA) is 26.9 Å². The average Bonchev–Trinajstić information content (AvgIpc) is 3.20. The lowest BCUT2D eigenvalue weighted by Crippen LogP contribution is -2.48. The van der Waals surface area contributed by atoms with Crippen LogP contribution in [0.5, 0.6) is 0 Å². The third-order valence-electron chi connectivity index (χ3n) is 6.66. The highest BCUT2D eigenvalue weighted by molar-refractivity contribution is 5.15. The van der Waals surface area contributed by atoms with Crippen LogP contribution < -0.4 is 5.69 Å². The largest absolute Gasteiger partial charge is 0.328 e. The number of nitrogens with zero attached hydrogens (tertiary/aromatic N) is 2. The molecule has 0 spiro atoms. The van der Waals surface area contributed by atoms with Crippen molar-refractivity contribution in [1.82, 2.24) is 9.13 Å². The normalized spacial score (nSPS) is 42.4. The molecule has 6 rings (SSSR count). The predicted octanol–water partition coefficient (Wildman–Crippen LogP) is 3.06. The van der Waals surface area contributed by atoms with Gasteiger partial charge in [0.2, 0.25) is 0 Å². The molecular weight excluding hydrogens is 248 g/mol. The Labute approximate surface area is 120 Å². The lowest BCUT2D eigenvalue weighted by atomic mass is 9.54. The minimum atomic E-state index is 0.254. The second kappa shape index (κ2) is 3.80. The molecule has 108 valence electrons. The SMILES string of the molecule is Cn1c(C2CC2)cn(C2C3CC4CC(C3)CC2C4)c1=O. The van der Waals surface area contributed by atoms with E-state index in [2.05, 4.69) is 10.8 Å². The minimum absolute atomic E-state index is 0.254. The molecule has 4 bridgehead atoms. The highest BCUT2D eigenvalue weighted by atomic mass is 16.1. The van der Waals surface area contributed by atoms with Crippen LogP contribution in [-0.4, -0.2) is 9.13 Å². The van der Waals surface area contributed by atoms with Gasteiger partial charge in [-0.05, 0) is 68.6 Å². The lowest BCUT2D eigenvalue weighted by molar-refractivity contribution is -0.0304. The Morgan fingerprint density at radius 1 is 1.00 bits per heavy atom. The first-order valence-electron chi connectivity index (χ1n) is 8.48. The molecule has 0 unspecified atom stereocenters. The van der Waals surface area contributed by atoms with Crippen LogP contribution in [0.4, 0.5) is 0 Å². The first kappa shape index (κ1) is 11.6. The molecule has 1 aromatic heterocycles. The summed E-state index contributed by atoms with van der Waals surface area (Å²) >= 11 is 0. The predicted molar refractivity (Wildman–Crippen MR) is 77.7 cm³/mol. The molecule has 0 atom stereocenters. The van der Waals surface area contributed by atoms with Crippen molar-refractivity contribution >= 4 is 0 Å². The summed E-state index contributed by atoms with van der Waals surface area (Å²) in [6, 6.07) is 0.522. The van der Waals surface area contributed by atoms with E-state index in [1.165, 1.54) is 50.6 Å². The van der Waals surface area contributed by atoms with Crippen LogP contribution in [0.3, 0.4) is 0 Å². The molecule has 1 aromatic rings.